The van der Waals surface area contributed by atoms with Crippen LogP contribution in [0.25, 0.3) is 0 Å². The average molecular weight is 246 g/mol. The normalized spacial score (nSPS) is 11.4. The Kier molecular flexibility index (Phi) is 5.72. The third-order valence-electron chi connectivity index (χ3n) is 2.69. The van der Waals surface area contributed by atoms with Gasteiger partial charge in [-0.2, -0.15) is 5.26 Å². The summed E-state index contributed by atoms with van der Waals surface area (Å²) in [6.45, 7) is 2.55. The summed E-state index contributed by atoms with van der Waals surface area (Å²) < 4.78 is 5.34. The van der Waals surface area contributed by atoms with E-state index >= 15 is 0 Å². The van der Waals surface area contributed by atoms with E-state index in [2.05, 4.69) is 11.4 Å². The highest BCUT2D eigenvalue weighted by Crippen LogP contribution is 2.23. The third kappa shape index (κ3) is 4.10. The monoisotopic (exact) mass is 246 g/mol. The van der Waals surface area contributed by atoms with Crippen LogP contribution in [0.1, 0.15) is 31.2 Å². The minimum atomic E-state index is -0.252. The van der Waals surface area contributed by atoms with E-state index in [-0.39, 0.29) is 11.8 Å². The molecule has 0 radical (unpaired) electrons. The number of rotatable bonds is 6. The average Bonchev–Trinajstić information content (AvgIpc) is 2.41. The lowest BCUT2D eigenvalue weighted by Gasteiger charge is -2.10. The van der Waals surface area contributed by atoms with Gasteiger partial charge in [0.2, 0.25) is 5.91 Å². The van der Waals surface area contributed by atoms with E-state index in [4.69, 9.17) is 10.00 Å². The quantitative estimate of drug-likeness (QED) is 0.837. The molecule has 96 valence electrons. The molecule has 4 heteroatoms. The molecule has 18 heavy (non-hydrogen) atoms. The summed E-state index contributed by atoms with van der Waals surface area (Å²) in [6, 6.07) is 9.68. The number of amides is 1. The molecule has 0 aliphatic rings. The van der Waals surface area contributed by atoms with Gasteiger partial charge in [-0.25, -0.2) is 0 Å². The highest BCUT2D eigenvalue weighted by molar-refractivity contribution is 5.75. The Hall–Kier alpha value is -2.02. The number of nitrogens with one attached hydrogen (secondary N) is 1. The van der Waals surface area contributed by atoms with Crippen molar-refractivity contribution in [2.24, 2.45) is 0 Å². The van der Waals surface area contributed by atoms with Crippen molar-refractivity contribution in [2.75, 3.05) is 13.7 Å². The van der Waals surface area contributed by atoms with Gasteiger partial charge in [0.05, 0.1) is 18.6 Å². The number of carbonyl (C=O) groups excluding carboxylic acids is 1. The lowest BCUT2D eigenvalue weighted by Crippen LogP contribution is -2.18. The number of carbonyl (C=O) groups is 1. The summed E-state index contributed by atoms with van der Waals surface area (Å²) in [5, 5.41) is 11.7. The molecular weight excluding hydrogens is 228 g/mol. The second kappa shape index (κ2) is 7.33. The van der Waals surface area contributed by atoms with Gasteiger partial charge in [-0.05, 0) is 31.0 Å². The first-order chi connectivity index (χ1) is 8.71. The van der Waals surface area contributed by atoms with Crippen molar-refractivity contribution in [3.63, 3.8) is 0 Å². The van der Waals surface area contributed by atoms with Crippen molar-refractivity contribution in [3.8, 4) is 11.8 Å². The van der Waals surface area contributed by atoms with Crippen molar-refractivity contribution < 1.29 is 9.53 Å². The number of hydrogen-bond donors (Lipinski definition) is 1. The van der Waals surface area contributed by atoms with Gasteiger partial charge in [-0.15, -0.1) is 0 Å². The standard InChI is InChI=1S/C14H18N2O2/c1-3-18-13-7-4-11(5-8-13)12(10-15)6-9-14(17)16-2/h4-5,7-8,12H,3,6,9H2,1-2H3,(H,16,17). The zero-order valence-electron chi connectivity index (χ0n) is 10.8. The molecule has 0 fully saturated rings. The molecule has 0 aliphatic carbocycles. The van der Waals surface area contributed by atoms with Crippen LogP contribution in [0.2, 0.25) is 0 Å². The van der Waals surface area contributed by atoms with Crippen LogP contribution in [-0.2, 0) is 4.79 Å². The summed E-state index contributed by atoms with van der Waals surface area (Å²) in [5.41, 5.74) is 0.921. The summed E-state index contributed by atoms with van der Waals surface area (Å²) in [7, 11) is 1.60. The minimum absolute atomic E-state index is 0.0406. The Bertz CT molecular complexity index is 420. The van der Waals surface area contributed by atoms with E-state index in [0.717, 1.165) is 11.3 Å². The first kappa shape index (κ1) is 14.0. The van der Waals surface area contributed by atoms with Crippen LogP contribution in [0, 0.1) is 11.3 Å². The van der Waals surface area contributed by atoms with E-state index in [1.807, 2.05) is 31.2 Å². The molecule has 0 aromatic heterocycles. The Morgan fingerprint density at radius 3 is 2.61 bits per heavy atom. The summed E-state index contributed by atoms with van der Waals surface area (Å²) in [6.07, 6.45) is 0.895. The fourth-order valence-corrected chi connectivity index (χ4v) is 1.67. The maximum atomic E-state index is 11.2. The highest BCUT2D eigenvalue weighted by atomic mass is 16.5. The number of hydrogen-bond acceptors (Lipinski definition) is 3. The molecule has 1 aromatic rings. The summed E-state index contributed by atoms with van der Waals surface area (Å²) >= 11 is 0. The predicted molar refractivity (Wildman–Crippen MR) is 69.3 cm³/mol. The van der Waals surface area contributed by atoms with Crippen molar-refractivity contribution in [1.82, 2.24) is 5.32 Å². The van der Waals surface area contributed by atoms with Crippen LogP contribution in [0.4, 0.5) is 0 Å². The van der Waals surface area contributed by atoms with E-state index in [9.17, 15) is 4.79 Å². The Labute approximate surface area is 108 Å². The molecule has 1 amide bonds. The van der Waals surface area contributed by atoms with Crippen LogP contribution < -0.4 is 10.1 Å². The van der Waals surface area contributed by atoms with Gasteiger partial charge in [0.1, 0.15) is 5.75 Å². The van der Waals surface area contributed by atoms with Crippen LogP contribution in [0.5, 0.6) is 5.75 Å². The molecule has 0 bridgehead atoms. The zero-order valence-corrected chi connectivity index (χ0v) is 10.8. The van der Waals surface area contributed by atoms with Gasteiger partial charge in [-0.1, -0.05) is 12.1 Å². The smallest absolute Gasteiger partial charge is 0.219 e. The van der Waals surface area contributed by atoms with Crippen LogP contribution in [0.3, 0.4) is 0 Å². The second-order valence-electron chi connectivity index (χ2n) is 3.90. The van der Waals surface area contributed by atoms with Gasteiger partial charge in [0.15, 0.2) is 0 Å². The number of nitriles is 1. The molecule has 4 nitrogen and oxygen atoms in total. The van der Waals surface area contributed by atoms with Crippen LogP contribution >= 0.6 is 0 Å². The maximum absolute atomic E-state index is 11.2. The Balaban J connectivity index is 2.65. The molecule has 1 atom stereocenters. The fraction of sp³-hybridized carbons (Fsp3) is 0.429. The molecule has 1 unspecified atom stereocenters. The number of nitrogens with zero attached hydrogens (tertiary/aromatic N) is 1. The predicted octanol–water partition coefficient (Wildman–Crippen LogP) is 2.22. The maximum Gasteiger partial charge on any atom is 0.219 e. The molecule has 1 N–H and O–H groups in total. The Morgan fingerprint density at radius 2 is 2.11 bits per heavy atom. The van der Waals surface area contributed by atoms with Gasteiger partial charge in [-0.3, -0.25) is 4.79 Å². The van der Waals surface area contributed by atoms with Gasteiger partial charge in [0.25, 0.3) is 0 Å². The lowest BCUT2D eigenvalue weighted by atomic mass is 9.95. The number of benzene rings is 1. The topological polar surface area (TPSA) is 62.1 Å². The largest absolute Gasteiger partial charge is 0.494 e. The highest BCUT2D eigenvalue weighted by Gasteiger charge is 2.12. The summed E-state index contributed by atoms with van der Waals surface area (Å²) in [5.74, 6) is 0.503. The minimum Gasteiger partial charge on any atom is -0.494 e. The molecule has 0 spiro atoms. The van der Waals surface area contributed by atoms with Gasteiger partial charge >= 0.3 is 0 Å². The van der Waals surface area contributed by atoms with Crippen molar-refractivity contribution in [3.05, 3.63) is 29.8 Å². The molecule has 1 rings (SSSR count). The van der Waals surface area contributed by atoms with E-state index in [0.29, 0.717) is 19.4 Å². The van der Waals surface area contributed by atoms with Crippen LogP contribution in [0.15, 0.2) is 24.3 Å². The second-order valence-corrected chi connectivity index (χ2v) is 3.90. The lowest BCUT2D eigenvalue weighted by molar-refractivity contribution is -0.120. The van der Waals surface area contributed by atoms with E-state index < -0.39 is 0 Å². The SMILES string of the molecule is CCOc1ccc(C(C#N)CCC(=O)NC)cc1. The van der Waals surface area contributed by atoms with E-state index in [1.165, 1.54) is 0 Å². The zero-order chi connectivity index (χ0) is 13.4. The first-order valence-electron chi connectivity index (χ1n) is 6.04. The molecule has 0 saturated heterocycles. The molecule has 1 aromatic carbocycles. The molecule has 0 saturated carbocycles. The van der Waals surface area contributed by atoms with Gasteiger partial charge < -0.3 is 10.1 Å². The molecular formula is C14H18N2O2. The first-order valence-corrected chi connectivity index (χ1v) is 6.04. The third-order valence-corrected chi connectivity index (χ3v) is 2.69. The molecule has 0 heterocycles. The van der Waals surface area contributed by atoms with Gasteiger partial charge in [0, 0.05) is 13.5 Å². The molecule has 0 aliphatic heterocycles. The Morgan fingerprint density at radius 1 is 1.44 bits per heavy atom. The van der Waals surface area contributed by atoms with Crippen molar-refractivity contribution >= 4 is 5.91 Å². The van der Waals surface area contributed by atoms with E-state index in [1.54, 1.807) is 7.05 Å². The fourth-order valence-electron chi connectivity index (χ4n) is 1.67. The summed E-state index contributed by atoms with van der Waals surface area (Å²) in [4.78, 5) is 11.2. The van der Waals surface area contributed by atoms with Crippen LogP contribution in [-0.4, -0.2) is 19.6 Å². The van der Waals surface area contributed by atoms with Crippen molar-refractivity contribution in [1.29, 1.82) is 5.26 Å². The van der Waals surface area contributed by atoms with Crippen molar-refractivity contribution in [2.45, 2.75) is 25.7 Å². The number of ether oxygens (including phenoxy) is 1.